The zero-order valence-electron chi connectivity index (χ0n) is 9.26. The van der Waals surface area contributed by atoms with Crippen LogP contribution in [0.25, 0.3) is 0 Å². The molecule has 1 nitrogen and oxygen atoms in total. The highest BCUT2D eigenvalue weighted by Gasteiger charge is 1.96. The lowest BCUT2D eigenvalue weighted by Crippen LogP contribution is -1.92. The first kappa shape index (κ1) is 10.9. The molecule has 0 heterocycles. The number of benzene rings is 2. The van der Waals surface area contributed by atoms with Crippen LogP contribution in [0.3, 0.4) is 0 Å². The smallest absolute Gasteiger partial charge is 0.0471 e. The topological polar surface area (TPSA) is 20.2 Å². The summed E-state index contributed by atoms with van der Waals surface area (Å²) in [4.78, 5) is 0. The first-order chi connectivity index (χ1) is 7.88. The van der Waals surface area contributed by atoms with Crippen LogP contribution in [0, 0.1) is 0 Å². The van der Waals surface area contributed by atoms with E-state index in [1.165, 1.54) is 16.7 Å². The van der Waals surface area contributed by atoms with Crippen LogP contribution in [-0.4, -0.2) is 11.7 Å². The molecule has 0 bridgehead atoms. The van der Waals surface area contributed by atoms with Gasteiger partial charge in [0.2, 0.25) is 0 Å². The minimum absolute atomic E-state index is 0.220. The molecule has 0 aliphatic carbocycles. The Bertz CT molecular complexity index is 417. The summed E-state index contributed by atoms with van der Waals surface area (Å²) in [6.45, 7) is 0.220. The molecule has 0 amide bonds. The molecule has 0 fully saturated rings. The predicted octanol–water partition coefficient (Wildman–Crippen LogP) is 2.81. The second-order valence-electron chi connectivity index (χ2n) is 3.95. The van der Waals surface area contributed by atoms with Crippen LogP contribution in [0.5, 0.6) is 0 Å². The molecule has 1 heteroatoms. The second kappa shape index (κ2) is 5.47. The second-order valence-corrected chi connectivity index (χ2v) is 3.95. The number of rotatable bonds is 4. The third-order valence-corrected chi connectivity index (χ3v) is 2.67. The van der Waals surface area contributed by atoms with Gasteiger partial charge in [0.15, 0.2) is 0 Å². The normalized spacial score (nSPS) is 10.3. The van der Waals surface area contributed by atoms with E-state index in [2.05, 4.69) is 48.5 Å². The predicted molar refractivity (Wildman–Crippen MR) is 66.5 cm³/mol. The maximum atomic E-state index is 8.82. The van der Waals surface area contributed by atoms with Crippen molar-refractivity contribution in [3.63, 3.8) is 0 Å². The lowest BCUT2D eigenvalue weighted by Gasteiger charge is -2.03. The van der Waals surface area contributed by atoms with E-state index < -0.39 is 0 Å². The summed E-state index contributed by atoms with van der Waals surface area (Å²) in [6.07, 6.45) is 1.71. The maximum absolute atomic E-state index is 8.82. The van der Waals surface area contributed by atoms with Gasteiger partial charge in [0.05, 0.1) is 0 Å². The van der Waals surface area contributed by atoms with Gasteiger partial charge in [0, 0.05) is 6.61 Å². The molecule has 0 saturated heterocycles. The molecular formula is C15H16O. The van der Waals surface area contributed by atoms with Crippen molar-refractivity contribution in [2.24, 2.45) is 0 Å². The Morgan fingerprint density at radius 1 is 0.688 bits per heavy atom. The van der Waals surface area contributed by atoms with E-state index in [1.54, 1.807) is 0 Å². The molecule has 2 aromatic rings. The minimum atomic E-state index is 0.220. The van der Waals surface area contributed by atoms with Crippen LogP contribution in [0.4, 0.5) is 0 Å². The zero-order valence-corrected chi connectivity index (χ0v) is 9.26. The summed E-state index contributed by atoms with van der Waals surface area (Å²) >= 11 is 0. The van der Waals surface area contributed by atoms with Crippen molar-refractivity contribution in [1.29, 1.82) is 0 Å². The first-order valence-corrected chi connectivity index (χ1v) is 5.61. The molecule has 2 aromatic carbocycles. The monoisotopic (exact) mass is 212 g/mol. The largest absolute Gasteiger partial charge is 0.396 e. The van der Waals surface area contributed by atoms with Crippen molar-refractivity contribution in [2.45, 2.75) is 12.8 Å². The van der Waals surface area contributed by atoms with Crippen LogP contribution >= 0.6 is 0 Å². The van der Waals surface area contributed by atoms with Crippen LogP contribution in [-0.2, 0) is 12.8 Å². The van der Waals surface area contributed by atoms with Gasteiger partial charge in [-0.25, -0.2) is 0 Å². The summed E-state index contributed by atoms with van der Waals surface area (Å²) < 4.78 is 0. The summed E-state index contributed by atoms with van der Waals surface area (Å²) in [7, 11) is 0. The molecular weight excluding hydrogens is 196 g/mol. The average molecular weight is 212 g/mol. The number of hydrogen-bond donors (Lipinski definition) is 1. The van der Waals surface area contributed by atoms with Gasteiger partial charge in [-0.3, -0.25) is 0 Å². The van der Waals surface area contributed by atoms with E-state index in [0.29, 0.717) is 0 Å². The average Bonchev–Trinajstić information content (AvgIpc) is 2.33. The van der Waals surface area contributed by atoms with Crippen molar-refractivity contribution >= 4 is 0 Å². The molecule has 0 radical (unpaired) electrons. The van der Waals surface area contributed by atoms with Gasteiger partial charge in [-0.15, -0.1) is 0 Å². The van der Waals surface area contributed by atoms with Crippen molar-refractivity contribution < 1.29 is 5.11 Å². The zero-order chi connectivity index (χ0) is 11.2. The standard InChI is InChI=1S/C15H16O/c16-11-10-13-6-8-15(9-7-13)12-14-4-2-1-3-5-14/h1-9,16H,10-12H2. The van der Waals surface area contributed by atoms with Crippen molar-refractivity contribution in [3.05, 3.63) is 71.3 Å². The third-order valence-electron chi connectivity index (χ3n) is 2.67. The SMILES string of the molecule is OCCc1ccc(Cc2ccccc2)cc1. The van der Waals surface area contributed by atoms with Gasteiger partial charge in [-0.1, -0.05) is 54.6 Å². The van der Waals surface area contributed by atoms with E-state index in [-0.39, 0.29) is 6.61 Å². The quantitative estimate of drug-likeness (QED) is 0.826. The lowest BCUT2D eigenvalue weighted by molar-refractivity contribution is 0.299. The Balaban J connectivity index is 2.05. The van der Waals surface area contributed by atoms with Gasteiger partial charge in [-0.2, -0.15) is 0 Å². The molecule has 0 saturated carbocycles. The molecule has 0 aliphatic heterocycles. The van der Waals surface area contributed by atoms with Crippen LogP contribution in [0.2, 0.25) is 0 Å². The summed E-state index contributed by atoms with van der Waals surface area (Å²) in [5.41, 5.74) is 3.84. The van der Waals surface area contributed by atoms with Crippen LogP contribution in [0.1, 0.15) is 16.7 Å². The van der Waals surface area contributed by atoms with E-state index in [4.69, 9.17) is 5.11 Å². The Labute approximate surface area is 96.4 Å². The fraction of sp³-hybridized carbons (Fsp3) is 0.200. The minimum Gasteiger partial charge on any atom is -0.396 e. The van der Waals surface area contributed by atoms with E-state index in [9.17, 15) is 0 Å². The maximum Gasteiger partial charge on any atom is 0.0471 e. The van der Waals surface area contributed by atoms with E-state index >= 15 is 0 Å². The summed E-state index contributed by atoms with van der Waals surface area (Å²) in [6, 6.07) is 18.9. The van der Waals surface area contributed by atoms with Crippen LogP contribution in [0.15, 0.2) is 54.6 Å². The highest BCUT2D eigenvalue weighted by Crippen LogP contribution is 2.10. The molecule has 0 spiro atoms. The van der Waals surface area contributed by atoms with E-state index in [1.807, 2.05) is 6.07 Å². The molecule has 0 aromatic heterocycles. The molecule has 82 valence electrons. The lowest BCUT2D eigenvalue weighted by atomic mass is 10.0. The van der Waals surface area contributed by atoms with Gasteiger partial charge < -0.3 is 5.11 Å². The molecule has 0 atom stereocenters. The highest BCUT2D eigenvalue weighted by atomic mass is 16.2. The Hall–Kier alpha value is -1.60. The third kappa shape index (κ3) is 2.94. The number of aliphatic hydroxyl groups excluding tert-OH is 1. The van der Waals surface area contributed by atoms with Gasteiger partial charge >= 0.3 is 0 Å². The summed E-state index contributed by atoms with van der Waals surface area (Å²) in [5.74, 6) is 0. The molecule has 2 rings (SSSR count). The molecule has 16 heavy (non-hydrogen) atoms. The van der Waals surface area contributed by atoms with E-state index in [0.717, 1.165) is 12.8 Å². The fourth-order valence-corrected chi connectivity index (χ4v) is 1.78. The van der Waals surface area contributed by atoms with Gasteiger partial charge in [-0.05, 0) is 29.5 Å². The molecule has 1 N–H and O–H groups in total. The molecule has 0 unspecified atom stereocenters. The van der Waals surface area contributed by atoms with Gasteiger partial charge in [0.25, 0.3) is 0 Å². The molecule has 0 aliphatic rings. The Morgan fingerprint density at radius 2 is 1.25 bits per heavy atom. The van der Waals surface area contributed by atoms with Crippen LogP contribution < -0.4 is 0 Å². The number of aliphatic hydroxyl groups is 1. The number of hydrogen-bond acceptors (Lipinski definition) is 1. The summed E-state index contributed by atoms with van der Waals surface area (Å²) in [5, 5.41) is 8.82. The highest BCUT2D eigenvalue weighted by molar-refractivity contribution is 5.28. The van der Waals surface area contributed by atoms with Crippen molar-refractivity contribution in [2.75, 3.05) is 6.61 Å². The Kier molecular flexibility index (Phi) is 3.73. The van der Waals surface area contributed by atoms with Crippen molar-refractivity contribution in [3.8, 4) is 0 Å². The first-order valence-electron chi connectivity index (χ1n) is 5.61. The Morgan fingerprint density at radius 3 is 1.88 bits per heavy atom. The fourth-order valence-electron chi connectivity index (χ4n) is 1.78. The van der Waals surface area contributed by atoms with Crippen molar-refractivity contribution in [1.82, 2.24) is 0 Å². The van der Waals surface area contributed by atoms with Gasteiger partial charge in [0.1, 0.15) is 0 Å².